The number of halogens is 1. The van der Waals surface area contributed by atoms with E-state index in [4.69, 9.17) is 9.47 Å². The number of ether oxygens (including phenoxy) is 2. The summed E-state index contributed by atoms with van der Waals surface area (Å²) in [5.41, 5.74) is 0.225. The minimum Gasteiger partial charge on any atom is -0.493 e. The van der Waals surface area contributed by atoms with Gasteiger partial charge in [-0.1, -0.05) is 0 Å². The molecule has 0 unspecified atom stereocenters. The van der Waals surface area contributed by atoms with E-state index >= 15 is 0 Å². The molecule has 0 saturated heterocycles. The van der Waals surface area contributed by atoms with Crippen LogP contribution in [0.25, 0.3) is 0 Å². The fraction of sp³-hybridized carbons (Fsp3) is 0.300. The zero-order valence-corrected chi connectivity index (χ0v) is 8.04. The Bertz CT molecular complexity index is 336. The van der Waals surface area contributed by atoms with Crippen LogP contribution in [0.5, 0.6) is 11.5 Å². The smallest absolute Gasteiger partial charge is 0.197 e. The van der Waals surface area contributed by atoms with E-state index in [1.54, 1.807) is 6.92 Å². The number of hydrogen-bond acceptors (Lipinski definition) is 3. The van der Waals surface area contributed by atoms with Crippen molar-refractivity contribution in [2.75, 3.05) is 13.7 Å². The Morgan fingerprint density at radius 3 is 2.71 bits per heavy atom. The first-order valence-electron chi connectivity index (χ1n) is 4.18. The van der Waals surface area contributed by atoms with Crippen LogP contribution in [0.15, 0.2) is 12.1 Å². The normalized spacial score (nSPS) is 9.64. The number of rotatable bonds is 4. The highest BCUT2D eigenvalue weighted by Gasteiger charge is 2.12. The topological polar surface area (TPSA) is 35.5 Å². The molecule has 0 aliphatic carbocycles. The average molecular weight is 198 g/mol. The largest absolute Gasteiger partial charge is 0.493 e. The van der Waals surface area contributed by atoms with Crippen LogP contribution >= 0.6 is 0 Å². The Morgan fingerprint density at radius 2 is 2.21 bits per heavy atom. The number of methoxy groups -OCH3 is 1. The van der Waals surface area contributed by atoms with Gasteiger partial charge in [-0.25, -0.2) is 4.39 Å². The Balaban J connectivity index is 3.19. The summed E-state index contributed by atoms with van der Waals surface area (Å²) in [6, 6.07) is 2.54. The highest BCUT2D eigenvalue weighted by atomic mass is 19.1. The minimum absolute atomic E-state index is 0.0422. The maximum absolute atomic E-state index is 13.3. The Morgan fingerprint density at radius 1 is 1.50 bits per heavy atom. The highest BCUT2D eigenvalue weighted by molar-refractivity contribution is 5.76. The van der Waals surface area contributed by atoms with Crippen molar-refractivity contribution >= 4 is 6.29 Å². The second-order valence-electron chi connectivity index (χ2n) is 2.58. The summed E-state index contributed by atoms with van der Waals surface area (Å²) in [4.78, 5) is 10.4. The van der Waals surface area contributed by atoms with Crippen LogP contribution in [-0.4, -0.2) is 20.0 Å². The fourth-order valence-corrected chi connectivity index (χ4v) is 1.09. The maximum atomic E-state index is 13.3. The third-order valence-corrected chi connectivity index (χ3v) is 1.68. The number of carbonyl (C=O) groups excluding carboxylic acids is 1. The molecule has 1 aromatic carbocycles. The Kier molecular flexibility index (Phi) is 3.45. The molecule has 0 amide bonds. The Hall–Kier alpha value is -1.58. The van der Waals surface area contributed by atoms with Gasteiger partial charge in [-0.3, -0.25) is 4.79 Å². The van der Waals surface area contributed by atoms with Gasteiger partial charge in [0.2, 0.25) is 0 Å². The number of hydrogen-bond donors (Lipinski definition) is 0. The van der Waals surface area contributed by atoms with Gasteiger partial charge in [0.05, 0.1) is 13.7 Å². The molecule has 4 heteroatoms. The molecule has 0 fully saturated rings. The van der Waals surface area contributed by atoms with Crippen LogP contribution in [0.3, 0.4) is 0 Å². The third kappa shape index (κ3) is 2.02. The highest BCUT2D eigenvalue weighted by Crippen LogP contribution is 2.31. The monoisotopic (exact) mass is 198 g/mol. The molecule has 0 radical (unpaired) electrons. The van der Waals surface area contributed by atoms with E-state index in [0.29, 0.717) is 12.9 Å². The second kappa shape index (κ2) is 4.60. The summed E-state index contributed by atoms with van der Waals surface area (Å²) in [7, 11) is 1.39. The lowest BCUT2D eigenvalue weighted by atomic mass is 10.2. The molecule has 1 aromatic rings. The third-order valence-electron chi connectivity index (χ3n) is 1.68. The molecule has 0 spiro atoms. The second-order valence-corrected chi connectivity index (χ2v) is 2.58. The Labute approximate surface area is 81.4 Å². The summed E-state index contributed by atoms with van der Waals surface area (Å²) in [5, 5.41) is 0. The van der Waals surface area contributed by atoms with Gasteiger partial charge in [0.1, 0.15) is 6.29 Å². The van der Waals surface area contributed by atoms with E-state index < -0.39 is 5.82 Å². The lowest BCUT2D eigenvalue weighted by Gasteiger charge is -2.10. The molecular formula is C10H11FO3. The zero-order chi connectivity index (χ0) is 10.6. The number of aldehydes is 1. The molecule has 0 saturated carbocycles. The first kappa shape index (κ1) is 10.5. The van der Waals surface area contributed by atoms with Gasteiger partial charge in [0.15, 0.2) is 17.3 Å². The van der Waals surface area contributed by atoms with Gasteiger partial charge in [0.25, 0.3) is 0 Å². The van der Waals surface area contributed by atoms with Gasteiger partial charge < -0.3 is 9.47 Å². The average Bonchev–Trinajstić information content (AvgIpc) is 2.20. The standard InChI is InChI=1S/C10H11FO3/c1-3-14-10-8(11)4-7(6-12)5-9(10)13-2/h4-6H,3H2,1-2H3. The molecule has 0 N–H and O–H groups in total. The van der Waals surface area contributed by atoms with Gasteiger partial charge in [0, 0.05) is 5.56 Å². The van der Waals surface area contributed by atoms with E-state index in [1.165, 1.54) is 13.2 Å². The lowest BCUT2D eigenvalue weighted by Crippen LogP contribution is -1.99. The van der Waals surface area contributed by atoms with Crippen molar-refractivity contribution in [3.63, 3.8) is 0 Å². The van der Waals surface area contributed by atoms with Gasteiger partial charge in [-0.15, -0.1) is 0 Å². The van der Waals surface area contributed by atoms with Gasteiger partial charge in [-0.2, -0.15) is 0 Å². The molecule has 3 nitrogen and oxygen atoms in total. The molecule has 76 valence electrons. The molecule has 0 bridgehead atoms. The van der Waals surface area contributed by atoms with Crippen molar-refractivity contribution in [1.82, 2.24) is 0 Å². The number of benzene rings is 1. The predicted molar refractivity (Wildman–Crippen MR) is 49.5 cm³/mol. The first-order valence-corrected chi connectivity index (χ1v) is 4.18. The van der Waals surface area contributed by atoms with Crippen molar-refractivity contribution in [3.8, 4) is 11.5 Å². The first-order chi connectivity index (χ1) is 6.72. The van der Waals surface area contributed by atoms with Crippen molar-refractivity contribution in [2.45, 2.75) is 6.92 Å². The van der Waals surface area contributed by atoms with E-state index in [2.05, 4.69) is 0 Å². The van der Waals surface area contributed by atoms with E-state index in [0.717, 1.165) is 6.07 Å². The van der Waals surface area contributed by atoms with Crippen LogP contribution in [0.1, 0.15) is 17.3 Å². The van der Waals surface area contributed by atoms with Crippen molar-refractivity contribution in [3.05, 3.63) is 23.5 Å². The molecule has 0 atom stereocenters. The molecule has 14 heavy (non-hydrogen) atoms. The molecule has 0 aromatic heterocycles. The molecule has 1 rings (SSSR count). The van der Waals surface area contributed by atoms with Crippen LogP contribution in [0, 0.1) is 5.82 Å². The van der Waals surface area contributed by atoms with Gasteiger partial charge in [-0.05, 0) is 19.1 Å². The van der Waals surface area contributed by atoms with Crippen molar-refractivity contribution in [2.24, 2.45) is 0 Å². The zero-order valence-electron chi connectivity index (χ0n) is 8.04. The summed E-state index contributed by atoms with van der Waals surface area (Å²) < 4.78 is 23.2. The quantitative estimate of drug-likeness (QED) is 0.694. The summed E-state index contributed by atoms with van der Waals surface area (Å²) >= 11 is 0. The summed E-state index contributed by atoms with van der Waals surface area (Å²) in [6.45, 7) is 2.08. The molecule has 0 aliphatic heterocycles. The fourth-order valence-electron chi connectivity index (χ4n) is 1.09. The van der Waals surface area contributed by atoms with E-state index in [1.807, 2.05) is 0 Å². The van der Waals surface area contributed by atoms with Crippen molar-refractivity contribution < 1.29 is 18.7 Å². The minimum atomic E-state index is -0.590. The number of carbonyl (C=O) groups is 1. The molecular weight excluding hydrogens is 187 g/mol. The van der Waals surface area contributed by atoms with E-state index in [9.17, 15) is 9.18 Å². The predicted octanol–water partition coefficient (Wildman–Crippen LogP) is 2.05. The lowest BCUT2D eigenvalue weighted by molar-refractivity contribution is 0.112. The van der Waals surface area contributed by atoms with Crippen LogP contribution in [-0.2, 0) is 0 Å². The summed E-state index contributed by atoms with van der Waals surface area (Å²) in [6.07, 6.45) is 0.557. The van der Waals surface area contributed by atoms with Crippen LogP contribution in [0.4, 0.5) is 4.39 Å². The van der Waals surface area contributed by atoms with Gasteiger partial charge >= 0.3 is 0 Å². The summed E-state index contributed by atoms with van der Waals surface area (Å²) in [5.74, 6) is -0.317. The maximum Gasteiger partial charge on any atom is 0.197 e. The van der Waals surface area contributed by atoms with Crippen molar-refractivity contribution in [1.29, 1.82) is 0 Å². The van der Waals surface area contributed by atoms with Crippen LogP contribution < -0.4 is 9.47 Å². The molecule has 0 aliphatic rings. The molecule has 0 heterocycles. The van der Waals surface area contributed by atoms with Crippen LogP contribution in [0.2, 0.25) is 0 Å². The van der Waals surface area contributed by atoms with E-state index in [-0.39, 0.29) is 17.1 Å². The SMILES string of the molecule is CCOc1c(F)cc(C=O)cc1OC.